The van der Waals surface area contributed by atoms with Gasteiger partial charge in [-0.3, -0.25) is 0 Å². The Balaban J connectivity index is 1.91. The van der Waals surface area contributed by atoms with Crippen molar-refractivity contribution in [3.63, 3.8) is 0 Å². The van der Waals surface area contributed by atoms with E-state index >= 15 is 0 Å². The van der Waals surface area contributed by atoms with E-state index in [1.54, 1.807) is 11.3 Å². The lowest BCUT2D eigenvalue weighted by molar-refractivity contribution is 0.179. The fourth-order valence-electron chi connectivity index (χ4n) is 1.89. The number of unbranched alkanes of at least 4 members (excludes halogenated alkanes) is 1. The molecule has 0 aliphatic carbocycles. The number of ether oxygens (including phenoxy) is 1. The SMILES string of the molecule is CCCCOc1ccc(C(O)Cc2cc(Br)cs2)cc1. The Morgan fingerprint density at radius 2 is 2.05 bits per heavy atom. The van der Waals surface area contributed by atoms with E-state index in [-0.39, 0.29) is 0 Å². The van der Waals surface area contributed by atoms with Crippen molar-refractivity contribution in [3.8, 4) is 5.75 Å². The molecule has 0 aliphatic rings. The van der Waals surface area contributed by atoms with Crippen molar-refractivity contribution in [3.05, 3.63) is 50.6 Å². The van der Waals surface area contributed by atoms with Crippen LogP contribution < -0.4 is 4.74 Å². The van der Waals surface area contributed by atoms with Gasteiger partial charge < -0.3 is 9.84 Å². The van der Waals surface area contributed by atoms with Gasteiger partial charge in [0.25, 0.3) is 0 Å². The Hall–Kier alpha value is -0.840. The van der Waals surface area contributed by atoms with Gasteiger partial charge in [-0.15, -0.1) is 11.3 Å². The summed E-state index contributed by atoms with van der Waals surface area (Å²) in [6.07, 6.45) is 2.38. The average Bonchev–Trinajstić information content (AvgIpc) is 2.85. The number of halogens is 1. The quantitative estimate of drug-likeness (QED) is 0.711. The summed E-state index contributed by atoms with van der Waals surface area (Å²) < 4.78 is 6.69. The molecule has 1 aromatic heterocycles. The molecule has 4 heteroatoms. The van der Waals surface area contributed by atoms with Crippen molar-refractivity contribution in [2.24, 2.45) is 0 Å². The normalized spacial score (nSPS) is 12.3. The molecule has 0 amide bonds. The van der Waals surface area contributed by atoms with E-state index in [0.29, 0.717) is 6.42 Å². The lowest BCUT2D eigenvalue weighted by Gasteiger charge is -2.11. The molecule has 0 radical (unpaired) electrons. The summed E-state index contributed by atoms with van der Waals surface area (Å²) in [6, 6.07) is 9.79. The van der Waals surface area contributed by atoms with Crippen LogP contribution in [0.25, 0.3) is 0 Å². The summed E-state index contributed by atoms with van der Waals surface area (Å²) >= 11 is 5.09. The van der Waals surface area contributed by atoms with Crippen molar-refractivity contribution >= 4 is 27.3 Å². The fraction of sp³-hybridized carbons (Fsp3) is 0.375. The summed E-state index contributed by atoms with van der Waals surface area (Å²) in [4.78, 5) is 1.17. The zero-order chi connectivity index (χ0) is 14.4. The Morgan fingerprint density at radius 3 is 2.65 bits per heavy atom. The van der Waals surface area contributed by atoms with Gasteiger partial charge in [0, 0.05) is 21.2 Å². The molecule has 20 heavy (non-hydrogen) atoms. The summed E-state index contributed by atoms with van der Waals surface area (Å²) in [5, 5.41) is 12.3. The molecule has 1 aromatic carbocycles. The maximum atomic E-state index is 10.2. The van der Waals surface area contributed by atoms with Gasteiger partial charge in [0.15, 0.2) is 0 Å². The molecular weight excluding hydrogens is 336 g/mol. The molecule has 1 N–H and O–H groups in total. The average molecular weight is 355 g/mol. The zero-order valence-electron chi connectivity index (χ0n) is 11.5. The second kappa shape index (κ2) is 7.81. The van der Waals surface area contributed by atoms with Crippen molar-refractivity contribution in [2.75, 3.05) is 6.61 Å². The number of aliphatic hydroxyl groups is 1. The molecule has 2 rings (SSSR count). The topological polar surface area (TPSA) is 29.5 Å². The smallest absolute Gasteiger partial charge is 0.119 e. The maximum Gasteiger partial charge on any atom is 0.119 e. The largest absolute Gasteiger partial charge is 0.494 e. The third-order valence-electron chi connectivity index (χ3n) is 3.05. The van der Waals surface area contributed by atoms with Crippen LogP contribution in [0.4, 0.5) is 0 Å². The van der Waals surface area contributed by atoms with Crippen LogP contribution >= 0.6 is 27.3 Å². The van der Waals surface area contributed by atoms with E-state index in [9.17, 15) is 5.11 Å². The van der Waals surface area contributed by atoms with Gasteiger partial charge in [0.2, 0.25) is 0 Å². The minimum absolute atomic E-state index is 0.467. The highest BCUT2D eigenvalue weighted by atomic mass is 79.9. The Bertz CT molecular complexity index is 522. The number of rotatable bonds is 7. The van der Waals surface area contributed by atoms with Crippen LogP contribution in [-0.4, -0.2) is 11.7 Å². The molecule has 108 valence electrons. The van der Waals surface area contributed by atoms with Crippen LogP contribution in [0.5, 0.6) is 5.75 Å². The summed E-state index contributed by atoms with van der Waals surface area (Å²) in [5.74, 6) is 0.869. The molecule has 2 nitrogen and oxygen atoms in total. The van der Waals surface area contributed by atoms with Gasteiger partial charge in [-0.05, 0) is 46.1 Å². The van der Waals surface area contributed by atoms with Crippen LogP contribution in [0.3, 0.4) is 0 Å². The van der Waals surface area contributed by atoms with Gasteiger partial charge in [-0.1, -0.05) is 25.5 Å². The molecule has 1 unspecified atom stereocenters. The van der Waals surface area contributed by atoms with Crippen molar-refractivity contribution in [1.29, 1.82) is 0 Å². The Kier molecular flexibility index (Phi) is 6.07. The predicted octanol–water partition coefficient (Wildman–Crippen LogP) is 4.97. The molecule has 0 saturated carbocycles. The molecule has 0 spiro atoms. The minimum atomic E-state index is -0.467. The number of hydrogen-bond donors (Lipinski definition) is 1. The van der Waals surface area contributed by atoms with Crippen molar-refractivity contribution < 1.29 is 9.84 Å². The molecule has 0 bridgehead atoms. The molecule has 0 saturated heterocycles. The van der Waals surface area contributed by atoms with Crippen LogP contribution in [0.15, 0.2) is 40.2 Å². The first-order valence-corrected chi connectivity index (χ1v) is 8.50. The highest BCUT2D eigenvalue weighted by Crippen LogP contribution is 2.26. The molecule has 0 aliphatic heterocycles. The van der Waals surface area contributed by atoms with E-state index in [4.69, 9.17) is 4.74 Å². The van der Waals surface area contributed by atoms with Crippen molar-refractivity contribution in [1.82, 2.24) is 0 Å². The number of benzene rings is 1. The van der Waals surface area contributed by atoms with E-state index in [1.165, 1.54) is 4.88 Å². The monoisotopic (exact) mass is 354 g/mol. The number of thiophene rings is 1. The minimum Gasteiger partial charge on any atom is -0.494 e. The van der Waals surface area contributed by atoms with Crippen LogP contribution in [0.1, 0.15) is 36.3 Å². The maximum absolute atomic E-state index is 10.2. The lowest BCUT2D eigenvalue weighted by Crippen LogP contribution is -2.01. The highest BCUT2D eigenvalue weighted by molar-refractivity contribution is 9.10. The van der Waals surface area contributed by atoms with Crippen LogP contribution in [0.2, 0.25) is 0 Å². The summed E-state index contributed by atoms with van der Waals surface area (Å²) in [5.41, 5.74) is 0.928. The summed E-state index contributed by atoms with van der Waals surface area (Å²) in [6.45, 7) is 2.90. The molecule has 1 heterocycles. The molecular formula is C16H19BrO2S. The Morgan fingerprint density at radius 1 is 1.30 bits per heavy atom. The first-order valence-electron chi connectivity index (χ1n) is 6.82. The van der Waals surface area contributed by atoms with Gasteiger partial charge in [-0.25, -0.2) is 0 Å². The zero-order valence-corrected chi connectivity index (χ0v) is 13.9. The standard InChI is InChI=1S/C16H19BrO2S/c1-2-3-8-19-14-6-4-12(5-7-14)16(18)10-15-9-13(17)11-20-15/h4-7,9,11,16,18H,2-3,8,10H2,1H3. The van der Waals surface area contributed by atoms with E-state index < -0.39 is 6.10 Å². The highest BCUT2D eigenvalue weighted by Gasteiger charge is 2.10. The van der Waals surface area contributed by atoms with Crippen LogP contribution in [-0.2, 0) is 6.42 Å². The number of aliphatic hydroxyl groups excluding tert-OH is 1. The third-order valence-corrected chi connectivity index (χ3v) is 4.77. The fourth-order valence-corrected chi connectivity index (χ4v) is 3.38. The predicted molar refractivity (Wildman–Crippen MR) is 87.5 cm³/mol. The summed E-state index contributed by atoms with van der Waals surface area (Å²) in [7, 11) is 0. The second-order valence-corrected chi connectivity index (χ2v) is 6.63. The Labute approximate surface area is 132 Å². The van der Waals surface area contributed by atoms with Gasteiger partial charge in [-0.2, -0.15) is 0 Å². The number of hydrogen-bond acceptors (Lipinski definition) is 3. The molecule has 2 aromatic rings. The second-order valence-electron chi connectivity index (χ2n) is 4.72. The van der Waals surface area contributed by atoms with Gasteiger partial charge in [0.05, 0.1) is 12.7 Å². The lowest BCUT2D eigenvalue weighted by atomic mass is 10.1. The van der Waals surface area contributed by atoms with E-state index in [1.807, 2.05) is 29.6 Å². The molecule has 1 atom stereocenters. The van der Waals surface area contributed by atoms with Gasteiger partial charge >= 0.3 is 0 Å². The van der Waals surface area contributed by atoms with Gasteiger partial charge in [0.1, 0.15) is 5.75 Å². The first-order chi connectivity index (χ1) is 9.69. The van der Waals surface area contributed by atoms with Crippen LogP contribution in [0, 0.1) is 0 Å². The van der Waals surface area contributed by atoms with E-state index in [0.717, 1.165) is 35.2 Å². The third kappa shape index (κ3) is 4.62. The van der Waals surface area contributed by atoms with Crippen molar-refractivity contribution in [2.45, 2.75) is 32.3 Å². The molecule has 0 fully saturated rings. The van der Waals surface area contributed by atoms with E-state index in [2.05, 4.69) is 28.9 Å². The first kappa shape index (κ1) is 15.5.